The average molecular weight is 478 g/mol. The van der Waals surface area contributed by atoms with E-state index in [9.17, 15) is 14.7 Å². The van der Waals surface area contributed by atoms with E-state index in [1.807, 2.05) is 6.92 Å². The topological polar surface area (TPSA) is 167 Å². The third-order valence-electron chi connectivity index (χ3n) is 5.10. The van der Waals surface area contributed by atoms with E-state index < -0.39 is 6.04 Å². The van der Waals surface area contributed by atoms with Crippen LogP contribution >= 0.6 is 0 Å². The molecule has 0 aliphatic carbocycles. The summed E-state index contributed by atoms with van der Waals surface area (Å²) in [5, 5.41) is 22.0. The molecule has 0 bridgehead atoms. The third kappa shape index (κ3) is 15.1. The van der Waals surface area contributed by atoms with E-state index in [4.69, 9.17) is 11.5 Å². The minimum Gasteiger partial charge on any atom is -0.508 e. The fourth-order valence-electron chi connectivity index (χ4n) is 3.28. The fourth-order valence-corrected chi connectivity index (χ4v) is 3.28. The summed E-state index contributed by atoms with van der Waals surface area (Å²) < 4.78 is 0. The first-order valence-corrected chi connectivity index (χ1v) is 12.2. The summed E-state index contributed by atoms with van der Waals surface area (Å²) in [6.45, 7) is 6.73. The maximum Gasteiger partial charge on any atom is 0.242 e. The molecule has 192 valence electrons. The highest BCUT2D eigenvalue weighted by Crippen LogP contribution is 2.11. The number of rotatable bonds is 19. The zero-order valence-electron chi connectivity index (χ0n) is 20.4. The van der Waals surface area contributed by atoms with Crippen LogP contribution in [0.1, 0.15) is 51.0 Å². The molecule has 1 aromatic rings. The molecule has 0 spiro atoms. The third-order valence-corrected chi connectivity index (χ3v) is 5.10. The number of hydrogen-bond acceptors (Lipinski definition) is 6. The Bertz CT molecular complexity index is 722. The first-order valence-electron chi connectivity index (χ1n) is 12.2. The molecule has 9 N–H and O–H groups in total. The van der Waals surface area contributed by atoms with Gasteiger partial charge in [-0.1, -0.05) is 19.1 Å². The largest absolute Gasteiger partial charge is 0.508 e. The highest BCUT2D eigenvalue weighted by atomic mass is 16.3. The molecule has 0 aliphatic heterocycles. The van der Waals surface area contributed by atoms with Crippen LogP contribution in [0.2, 0.25) is 0 Å². The molecule has 0 radical (unpaired) electrons. The van der Waals surface area contributed by atoms with Crippen LogP contribution in [-0.2, 0) is 16.0 Å². The minimum absolute atomic E-state index is 0.133. The lowest BCUT2D eigenvalue weighted by Crippen LogP contribution is -2.48. The molecule has 1 aromatic carbocycles. The van der Waals surface area contributed by atoms with Gasteiger partial charge in [0.15, 0.2) is 5.96 Å². The zero-order chi connectivity index (χ0) is 25.0. The predicted molar refractivity (Wildman–Crippen MR) is 137 cm³/mol. The first-order chi connectivity index (χ1) is 16.4. The number of hydrogen-bond donors (Lipinski definition) is 7. The number of nitrogens with one attached hydrogen (secondary N) is 4. The number of nitrogens with zero attached hydrogens (tertiary/aromatic N) is 1. The van der Waals surface area contributed by atoms with E-state index in [1.54, 1.807) is 24.3 Å². The normalized spacial score (nSPS) is 11.6. The molecule has 34 heavy (non-hydrogen) atoms. The Morgan fingerprint density at radius 2 is 1.56 bits per heavy atom. The van der Waals surface area contributed by atoms with Gasteiger partial charge in [-0.3, -0.25) is 14.6 Å². The van der Waals surface area contributed by atoms with Crippen molar-refractivity contribution in [2.24, 2.45) is 16.5 Å². The molecule has 1 rings (SSSR count). The summed E-state index contributed by atoms with van der Waals surface area (Å²) in [7, 11) is 0. The van der Waals surface area contributed by atoms with Gasteiger partial charge in [-0.25, -0.2) is 0 Å². The van der Waals surface area contributed by atoms with Gasteiger partial charge in [0.2, 0.25) is 11.8 Å². The van der Waals surface area contributed by atoms with E-state index >= 15 is 0 Å². The number of unbranched alkanes of at least 4 members (excludes halogenated alkanes) is 1. The van der Waals surface area contributed by atoms with Crippen LogP contribution in [0.15, 0.2) is 29.3 Å². The standard InChI is InChI=1S/C24H43N7O3/c1-2-7-22(33)31-21(18-19-8-10-20(32)11-9-19)23(34)29-16-5-14-27-12-3-4-13-28-15-6-17-30-24(25)26/h8-11,21,27-28,32H,2-7,12-18H2,1H3,(H,29,34)(H,31,33)(H4,25,26,30)/t21-/m0/s1. The highest BCUT2D eigenvalue weighted by Gasteiger charge is 2.20. The molecule has 10 nitrogen and oxygen atoms in total. The van der Waals surface area contributed by atoms with Crippen LogP contribution in [0.5, 0.6) is 5.75 Å². The van der Waals surface area contributed by atoms with E-state index in [2.05, 4.69) is 26.3 Å². The van der Waals surface area contributed by atoms with Crippen molar-refractivity contribution in [3.8, 4) is 5.75 Å². The second-order valence-corrected chi connectivity index (χ2v) is 8.25. The molecule has 0 aliphatic rings. The molecule has 10 heteroatoms. The van der Waals surface area contributed by atoms with Crippen molar-refractivity contribution >= 4 is 17.8 Å². The minimum atomic E-state index is -0.636. The van der Waals surface area contributed by atoms with Gasteiger partial charge in [-0.2, -0.15) is 0 Å². The molecule has 1 atom stereocenters. The number of phenolic OH excluding ortho intramolecular Hbond substituents is 1. The molecule has 0 saturated carbocycles. The van der Waals surface area contributed by atoms with Gasteiger partial charge < -0.3 is 37.8 Å². The number of aliphatic imine (C=N–C) groups is 1. The quantitative estimate of drug-likeness (QED) is 0.0857. The van der Waals surface area contributed by atoms with Gasteiger partial charge in [0.1, 0.15) is 11.8 Å². The number of amides is 2. The number of guanidine groups is 1. The fraction of sp³-hybridized carbons (Fsp3) is 0.625. The number of nitrogens with two attached hydrogens (primary N) is 2. The molecular weight excluding hydrogens is 434 g/mol. The maximum atomic E-state index is 12.7. The van der Waals surface area contributed by atoms with Crippen molar-refractivity contribution < 1.29 is 14.7 Å². The Kier molecular flexibility index (Phi) is 15.9. The van der Waals surface area contributed by atoms with Crippen molar-refractivity contribution in [2.45, 2.75) is 57.9 Å². The van der Waals surface area contributed by atoms with Crippen molar-refractivity contribution in [1.82, 2.24) is 21.3 Å². The van der Waals surface area contributed by atoms with Gasteiger partial charge in [0.05, 0.1) is 0 Å². The van der Waals surface area contributed by atoms with Crippen LogP contribution in [0, 0.1) is 0 Å². The zero-order valence-corrected chi connectivity index (χ0v) is 20.4. The van der Waals surface area contributed by atoms with Gasteiger partial charge in [-0.15, -0.1) is 0 Å². The second kappa shape index (κ2) is 18.6. The molecular formula is C24H43N7O3. The van der Waals surface area contributed by atoms with Gasteiger partial charge in [0, 0.05) is 25.9 Å². The smallest absolute Gasteiger partial charge is 0.242 e. The highest BCUT2D eigenvalue weighted by molar-refractivity contribution is 5.87. The number of aromatic hydroxyl groups is 1. The van der Waals surface area contributed by atoms with Crippen molar-refractivity contribution in [1.29, 1.82) is 0 Å². The second-order valence-electron chi connectivity index (χ2n) is 8.25. The number of carbonyl (C=O) groups is 2. The summed E-state index contributed by atoms with van der Waals surface area (Å²) >= 11 is 0. The lowest BCUT2D eigenvalue weighted by molar-refractivity contribution is -0.129. The summed E-state index contributed by atoms with van der Waals surface area (Å²) in [6.07, 6.45) is 5.37. The Morgan fingerprint density at radius 3 is 2.18 bits per heavy atom. The van der Waals surface area contributed by atoms with Crippen molar-refractivity contribution in [3.63, 3.8) is 0 Å². The number of carbonyl (C=O) groups excluding carboxylic acids is 2. The maximum absolute atomic E-state index is 12.7. The predicted octanol–water partition coefficient (Wildman–Crippen LogP) is 0.349. The van der Waals surface area contributed by atoms with E-state index in [0.717, 1.165) is 63.8 Å². The lowest BCUT2D eigenvalue weighted by Gasteiger charge is -2.19. The Hall–Kier alpha value is -2.85. The van der Waals surface area contributed by atoms with Crippen molar-refractivity contribution in [2.75, 3.05) is 39.3 Å². The number of phenols is 1. The van der Waals surface area contributed by atoms with Gasteiger partial charge >= 0.3 is 0 Å². The number of benzene rings is 1. The molecule has 0 heterocycles. The summed E-state index contributed by atoms with van der Waals surface area (Å²) in [5.74, 6) is -0.0175. The van der Waals surface area contributed by atoms with Crippen molar-refractivity contribution in [3.05, 3.63) is 29.8 Å². The molecule has 0 fully saturated rings. The van der Waals surface area contributed by atoms with Crippen LogP contribution < -0.4 is 32.7 Å². The lowest BCUT2D eigenvalue weighted by atomic mass is 10.0. The van der Waals surface area contributed by atoms with Gasteiger partial charge in [-0.05, 0) is 76.0 Å². The first kappa shape index (κ1) is 29.2. The SMILES string of the molecule is CCCC(=O)N[C@@H](Cc1ccc(O)cc1)C(=O)NCCCNCCCCNCCCN=C(N)N. The Labute approximate surface area is 203 Å². The molecule has 2 amide bonds. The molecule has 0 saturated heterocycles. The monoisotopic (exact) mass is 477 g/mol. The van der Waals surface area contributed by atoms with Crippen LogP contribution in [0.25, 0.3) is 0 Å². The Morgan fingerprint density at radius 1 is 0.941 bits per heavy atom. The average Bonchev–Trinajstić information content (AvgIpc) is 2.80. The molecule has 0 aromatic heterocycles. The van der Waals surface area contributed by atoms with Gasteiger partial charge in [0.25, 0.3) is 0 Å². The summed E-state index contributed by atoms with van der Waals surface area (Å²) in [5.41, 5.74) is 11.4. The van der Waals surface area contributed by atoms with E-state index in [0.29, 0.717) is 25.9 Å². The summed E-state index contributed by atoms with van der Waals surface area (Å²) in [4.78, 5) is 28.7. The van der Waals surface area contributed by atoms with Crippen LogP contribution in [0.3, 0.4) is 0 Å². The summed E-state index contributed by atoms with van der Waals surface area (Å²) in [6, 6.07) is 6.04. The Balaban J connectivity index is 2.17. The van der Waals surface area contributed by atoms with E-state index in [-0.39, 0.29) is 23.5 Å². The van der Waals surface area contributed by atoms with Crippen LogP contribution in [-0.4, -0.2) is 68.2 Å². The van der Waals surface area contributed by atoms with Crippen LogP contribution in [0.4, 0.5) is 0 Å². The molecule has 0 unspecified atom stereocenters. The van der Waals surface area contributed by atoms with E-state index in [1.165, 1.54) is 0 Å².